The maximum atomic E-state index is 12.0. The normalized spacial score (nSPS) is 20.4. The topological polar surface area (TPSA) is 51.1 Å². The largest absolute Gasteiger partial charge is 0.464 e. The van der Waals surface area contributed by atoms with E-state index in [1.165, 1.54) is 20.2 Å². The van der Waals surface area contributed by atoms with Gasteiger partial charge in [-0.2, -0.15) is 13.9 Å². The van der Waals surface area contributed by atoms with Gasteiger partial charge < -0.3 is 9.47 Å². The number of ether oxygens (including phenoxy) is 2. The first-order chi connectivity index (χ1) is 7.45. The Kier molecular flexibility index (Phi) is 4.22. The van der Waals surface area contributed by atoms with Crippen LogP contribution in [-0.4, -0.2) is 42.3 Å². The number of halogens is 3. The van der Waals surface area contributed by atoms with Gasteiger partial charge in [-0.05, 0) is 6.08 Å². The quantitative estimate of drug-likeness (QED) is 0.582. The Labute approximate surface area is 98.8 Å². The Bertz CT molecular complexity index is 346. The van der Waals surface area contributed by atoms with Crippen LogP contribution in [0, 0.1) is 0 Å². The number of methoxy groups -OCH3 is 1. The van der Waals surface area contributed by atoms with Gasteiger partial charge in [0.25, 0.3) is 0 Å². The molecule has 0 fully saturated rings. The average Bonchev–Trinajstić information content (AvgIpc) is 2.21. The Morgan fingerprint density at radius 3 is 2.81 bits per heavy atom. The lowest BCUT2D eigenvalue weighted by Gasteiger charge is -2.24. The summed E-state index contributed by atoms with van der Waals surface area (Å²) >= 11 is 3.09. The maximum Gasteiger partial charge on any atom is 0.388 e. The Morgan fingerprint density at radius 1 is 1.69 bits per heavy atom. The van der Waals surface area contributed by atoms with Gasteiger partial charge in [-0.3, -0.25) is 0 Å². The number of carbonyl (C=O) groups excluding carboxylic acids is 1. The first-order valence-corrected chi connectivity index (χ1v) is 5.08. The highest BCUT2D eigenvalue weighted by atomic mass is 79.9. The van der Waals surface area contributed by atoms with Crippen LogP contribution < -0.4 is 0 Å². The molecule has 0 spiro atoms. The zero-order valence-corrected chi connectivity index (χ0v) is 10.1. The van der Waals surface area contributed by atoms with Crippen molar-refractivity contribution in [3.63, 3.8) is 0 Å². The summed E-state index contributed by atoms with van der Waals surface area (Å²) in [5, 5.41) is 4.81. The molecule has 90 valence electrons. The molecule has 0 radical (unpaired) electrons. The smallest absolute Gasteiger partial charge is 0.388 e. The van der Waals surface area contributed by atoms with E-state index in [1.54, 1.807) is 0 Å². The Balaban J connectivity index is 2.83. The van der Waals surface area contributed by atoms with E-state index < -0.39 is 17.4 Å². The second kappa shape index (κ2) is 5.24. The number of hydrazone groups is 1. The van der Waals surface area contributed by atoms with E-state index in [-0.39, 0.29) is 11.6 Å². The van der Waals surface area contributed by atoms with Gasteiger partial charge in [-0.1, -0.05) is 15.9 Å². The molecule has 0 aliphatic carbocycles. The predicted octanol–water partition coefficient (Wildman–Crippen LogP) is 1.30. The standard InChI is InChI=1S/C8H9BrF2N2O3/c1-13-5(16-8(10)11)3-4(9)6(12-13)7(14)15-2/h3-4,8H,1-2H3. The van der Waals surface area contributed by atoms with E-state index >= 15 is 0 Å². The van der Waals surface area contributed by atoms with Gasteiger partial charge in [0.2, 0.25) is 5.88 Å². The van der Waals surface area contributed by atoms with Crippen LogP contribution in [0.2, 0.25) is 0 Å². The zero-order chi connectivity index (χ0) is 12.3. The van der Waals surface area contributed by atoms with E-state index in [9.17, 15) is 13.6 Å². The van der Waals surface area contributed by atoms with Crippen molar-refractivity contribution in [3.8, 4) is 0 Å². The van der Waals surface area contributed by atoms with E-state index in [0.29, 0.717) is 0 Å². The lowest BCUT2D eigenvalue weighted by Crippen LogP contribution is -2.33. The first-order valence-electron chi connectivity index (χ1n) is 4.17. The lowest BCUT2D eigenvalue weighted by molar-refractivity contribution is -0.133. The molecule has 16 heavy (non-hydrogen) atoms. The predicted molar refractivity (Wildman–Crippen MR) is 55.1 cm³/mol. The number of alkyl halides is 3. The summed E-state index contributed by atoms with van der Waals surface area (Å²) in [7, 11) is 2.59. The van der Waals surface area contributed by atoms with Crippen molar-refractivity contribution in [2.45, 2.75) is 11.4 Å². The molecule has 5 nitrogen and oxygen atoms in total. The second-order valence-electron chi connectivity index (χ2n) is 2.79. The monoisotopic (exact) mass is 298 g/mol. The minimum Gasteiger partial charge on any atom is -0.464 e. The molecule has 0 saturated carbocycles. The molecule has 1 rings (SSSR count). The summed E-state index contributed by atoms with van der Waals surface area (Å²) < 4.78 is 32.7. The fraction of sp³-hybridized carbons (Fsp3) is 0.500. The highest BCUT2D eigenvalue weighted by Gasteiger charge is 2.28. The van der Waals surface area contributed by atoms with Gasteiger partial charge in [0.05, 0.1) is 11.9 Å². The van der Waals surface area contributed by atoms with Crippen molar-refractivity contribution >= 4 is 27.6 Å². The molecule has 0 amide bonds. The molecule has 1 heterocycles. The van der Waals surface area contributed by atoms with Gasteiger partial charge in [-0.25, -0.2) is 9.80 Å². The van der Waals surface area contributed by atoms with Crippen LogP contribution in [0.25, 0.3) is 0 Å². The summed E-state index contributed by atoms with van der Waals surface area (Å²) in [5.74, 6) is -0.773. The van der Waals surface area contributed by atoms with Crippen LogP contribution in [0.3, 0.4) is 0 Å². The molecule has 1 unspecified atom stereocenters. The van der Waals surface area contributed by atoms with Crippen molar-refractivity contribution in [2.24, 2.45) is 5.10 Å². The Morgan fingerprint density at radius 2 is 2.31 bits per heavy atom. The van der Waals surface area contributed by atoms with Crippen molar-refractivity contribution in [2.75, 3.05) is 14.2 Å². The second-order valence-corrected chi connectivity index (χ2v) is 3.77. The van der Waals surface area contributed by atoms with Crippen molar-refractivity contribution in [1.82, 2.24) is 5.01 Å². The van der Waals surface area contributed by atoms with Gasteiger partial charge >= 0.3 is 12.6 Å². The first kappa shape index (κ1) is 12.9. The lowest BCUT2D eigenvalue weighted by atomic mass is 10.2. The summed E-state index contributed by atoms with van der Waals surface area (Å²) in [4.78, 5) is 10.6. The van der Waals surface area contributed by atoms with Crippen molar-refractivity contribution in [1.29, 1.82) is 0 Å². The summed E-state index contributed by atoms with van der Waals surface area (Å²) in [5.41, 5.74) is 0.0617. The van der Waals surface area contributed by atoms with E-state index in [0.717, 1.165) is 5.01 Å². The molecule has 1 aliphatic rings. The number of allylic oxidation sites excluding steroid dienone is 1. The zero-order valence-electron chi connectivity index (χ0n) is 8.49. The third-order valence-corrected chi connectivity index (χ3v) is 2.43. The number of hydrogen-bond acceptors (Lipinski definition) is 5. The van der Waals surface area contributed by atoms with Crippen molar-refractivity contribution in [3.05, 3.63) is 12.0 Å². The summed E-state index contributed by atoms with van der Waals surface area (Å²) in [6.07, 6.45) is 1.30. The van der Waals surface area contributed by atoms with Crippen molar-refractivity contribution < 1.29 is 23.0 Å². The molecule has 0 aromatic carbocycles. The fourth-order valence-corrected chi connectivity index (χ4v) is 1.55. The molecular formula is C8H9BrF2N2O3. The van der Waals surface area contributed by atoms with Crippen LogP contribution in [0.4, 0.5) is 8.78 Å². The van der Waals surface area contributed by atoms with E-state index in [4.69, 9.17) is 0 Å². The molecule has 1 atom stereocenters. The summed E-state index contributed by atoms with van der Waals surface area (Å²) in [6.45, 7) is -2.94. The molecule has 1 aliphatic heterocycles. The minimum atomic E-state index is -2.94. The van der Waals surface area contributed by atoms with Crippen LogP contribution >= 0.6 is 15.9 Å². The summed E-state index contributed by atoms with van der Waals surface area (Å²) in [6, 6.07) is 0. The van der Waals surface area contributed by atoms with E-state index in [2.05, 4.69) is 30.5 Å². The van der Waals surface area contributed by atoms with Crippen LogP contribution in [0.1, 0.15) is 0 Å². The highest BCUT2D eigenvalue weighted by Crippen LogP contribution is 2.20. The number of carbonyl (C=O) groups is 1. The third-order valence-electron chi connectivity index (χ3n) is 1.73. The number of esters is 1. The number of rotatable bonds is 3. The van der Waals surface area contributed by atoms with Crippen LogP contribution in [0.15, 0.2) is 17.1 Å². The van der Waals surface area contributed by atoms with Gasteiger partial charge in [-0.15, -0.1) is 0 Å². The molecule has 0 aromatic heterocycles. The molecule has 0 bridgehead atoms. The van der Waals surface area contributed by atoms with Crippen LogP contribution in [-0.2, 0) is 14.3 Å². The molecular weight excluding hydrogens is 290 g/mol. The molecule has 0 N–H and O–H groups in total. The minimum absolute atomic E-state index is 0.0617. The van der Waals surface area contributed by atoms with Gasteiger partial charge in [0, 0.05) is 7.05 Å². The maximum absolute atomic E-state index is 12.0. The highest BCUT2D eigenvalue weighted by molar-refractivity contribution is 9.10. The molecule has 8 heteroatoms. The fourth-order valence-electron chi connectivity index (χ4n) is 1.04. The number of hydrogen-bond donors (Lipinski definition) is 0. The average molecular weight is 299 g/mol. The number of nitrogens with zero attached hydrogens (tertiary/aromatic N) is 2. The van der Waals surface area contributed by atoms with Crippen LogP contribution in [0.5, 0.6) is 0 Å². The van der Waals surface area contributed by atoms with E-state index in [1.807, 2.05) is 0 Å². The molecule has 0 aromatic rings. The SMILES string of the molecule is COC(=O)C1=NN(C)C(OC(F)F)=CC1Br. The third kappa shape index (κ3) is 2.91. The Hall–Kier alpha value is -1.18. The molecule has 0 saturated heterocycles. The van der Waals surface area contributed by atoms with Gasteiger partial charge in [0.15, 0.2) is 5.71 Å². The van der Waals surface area contributed by atoms with Gasteiger partial charge in [0.1, 0.15) is 0 Å².